The van der Waals surface area contributed by atoms with Crippen LogP contribution < -0.4 is 10.5 Å². The summed E-state index contributed by atoms with van der Waals surface area (Å²) in [5.41, 5.74) is 6.32. The monoisotopic (exact) mass is 262 g/mol. The molecule has 19 heavy (non-hydrogen) atoms. The summed E-state index contributed by atoms with van der Waals surface area (Å²) in [6.45, 7) is 0.738. The normalized spacial score (nSPS) is 10.4. The van der Waals surface area contributed by atoms with E-state index in [1.54, 1.807) is 18.5 Å². The van der Waals surface area contributed by atoms with Crippen LogP contribution in [-0.4, -0.2) is 21.6 Å². The van der Waals surface area contributed by atoms with E-state index in [1.165, 1.54) is 19.2 Å². The summed E-state index contributed by atoms with van der Waals surface area (Å²) in [6.07, 6.45) is 3.42. The molecular weight excluding hydrogens is 248 g/mol. The fourth-order valence-electron chi connectivity index (χ4n) is 1.86. The minimum Gasteiger partial charge on any atom is -0.496 e. The Morgan fingerprint density at radius 2 is 2.32 bits per heavy atom. The Morgan fingerprint density at radius 1 is 1.53 bits per heavy atom. The molecule has 100 valence electrons. The number of nitro benzene ring substituents is 1. The topological polar surface area (TPSA) is 96.2 Å². The third-order valence-corrected chi connectivity index (χ3v) is 2.80. The number of aromatic nitrogens is 2. The van der Waals surface area contributed by atoms with Gasteiger partial charge in [0.1, 0.15) is 11.6 Å². The van der Waals surface area contributed by atoms with Gasteiger partial charge in [0.25, 0.3) is 5.69 Å². The van der Waals surface area contributed by atoms with Crippen molar-refractivity contribution >= 4 is 5.69 Å². The first-order valence-corrected chi connectivity index (χ1v) is 5.67. The fraction of sp³-hybridized carbons (Fsp3) is 0.250. The van der Waals surface area contributed by atoms with Crippen molar-refractivity contribution in [1.82, 2.24) is 9.55 Å². The molecule has 0 unspecified atom stereocenters. The van der Waals surface area contributed by atoms with Crippen molar-refractivity contribution in [2.75, 3.05) is 7.11 Å². The second-order valence-corrected chi connectivity index (χ2v) is 3.93. The van der Waals surface area contributed by atoms with Crippen LogP contribution >= 0.6 is 0 Å². The van der Waals surface area contributed by atoms with Gasteiger partial charge in [-0.2, -0.15) is 0 Å². The molecule has 1 aromatic carbocycles. The van der Waals surface area contributed by atoms with Crippen LogP contribution in [0, 0.1) is 10.1 Å². The quantitative estimate of drug-likeness (QED) is 0.647. The van der Waals surface area contributed by atoms with Crippen molar-refractivity contribution in [2.45, 2.75) is 13.1 Å². The van der Waals surface area contributed by atoms with Gasteiger partial charge in [0, 0.05) is 30.1 Å². The van der Waals surface area contributed by atoms with Crippen molar-refractivity contribution in [2.24, 2.45) is 5.73 Å². The third kappa shape index (κ3) is 2.71. The molecule has 2 N–H and O–H groups in total. The summed E-state index contributed by atoms with van der Waals surface area (Å²) < 4.78 is 7.05. The Balaban J connectivity index is 2.37. The van der Waals surface area contributed by atoms with Crippen LogP contribution in [0.15, 0.2) is 30.6 Å². The van der Waals surface area contributed by atoms with Crippen LogP contribution in [0.25, 0.3) is 0 Å². The smallest absolute Gasteiger partial charge is 0.270 e. The van der Waals surface area contributed by atoms with Gasteiger partial charge in [0.15, 0.2) is 0 Å². The predicted octanol–water partition coefficient (Wildman–Crippen LogP) is 1.31. The fourth-order valence-corrected chi connectivity index (χ4v) is 1.86. The maximum atomic E-state index is 10.8. The SMILES string of the molecule is COc1ccc([N+](=O)[O-])cc1Cn1ccnc1CN. The predicted molar refractivity (Wildman–Crippen MR) is 68.9 cm³/mol. The molecule has 0 atom stereocenters. The number of ether oxygens (including phenoxy) is 1. The van der Waals surface area contributed by atoms with Crippen LogP contribution in [0.1, 0.15) is 11.4 Å². The number of hydrogen-bond acceptors (Lipinski definition) is 5. The molecule has 7 nitrogen and oxygen atoms in total. The lowest BCUT2D eigenvalue weighted by Gasteiger charge is -2.10. The molecule has 0 aliphatic heterocycles. The molecule has 2 rings (SSSR count). The summed E-state index contributed by atoms with van der Waals surface area (Å²) in [5, 5.41) is 10.8. The van der Waals surface area contributed by atoms with Gasteiger partial charge in [-0.25, -0.2) is 4.98 Å². The van der Waals surface area contributed by atoms with E-state index in [4.69, 9.17) is 10.5 Å². The lowest BCUT2D eigenvalue weighted by molar-refractivity contribution is -0.384. The van der Waals surface area contributed by atoms with E-state index in [9.17, 15) is 10.1 Å². The van der Waals surface area contributed by atoms with Gasteiger partial charge in [-0.3, -0.25) is 10.1 Å². The van der Waals surface area contributed by atoms with Gasteiger partial charge < -0.3 is 15.0 Å². The van der Waals surface area contributed by atoms with E-state index in [-0.39, 0.29) is 5.69 Å². The second kappa shape index (κ2) is 5.49. The summed E-state index contributed by atoms with van der Waals surface area (Å²) in [7, 11) is 1.53. The van der Waals surface area contributed by atoms with Gasteiger partial charge >= 0.3 is 0 Å². The molecule has 0 spiro atoms. The van der Waals surface area contributed by atoms with E-state index in [0.717, 1.165) is 0 Å². The van der Waals surface area contributed by atoms with Crippen LogP contribution in [-0.2, 0) is 13.1 Å². The highest BCUT2D eigenvalue weighted by molar-refractivity contribution is 5.44. The Labute approximate surface area is 109 Å². The van der Waals surface area contributed by atoms with Crippen molar-refractivity contribution in [1.29, 1.82) is 0 Å². The number of imidazole rings is 1. The molecule has 2 aromatic rings. The number of non-ortho nitro benzene ring substituents is 1. The lowest BCUT2D eigenvalue weighted by atomic mass is 10.1. The third-order valence-electron chi connectivity index (χ3n) is 2.80. The average Bonchev–Trinajstić information content (AvgIpc) is 2.85. The standard InChI is InChI=1S/C12H14N4O3/c1-19-11-3-2-10(16(17)18)6-9(11)8-15-5-4-14-12(15)7-13/h2-6H,7-8,13H2,1H3. The molecule has 0 radical (unpaired) electrons. The number of nitrogens with two attached hydrogens (primary N) is 1. The second-order valence-electron chi connectivity index (χ2n) is 3.93. The lowest BCUT2D eigenvalue weighted by Crippen LogP contribution is -2.09. The molecule has 0 amide bonds. The Kier molecular flexibility index (Phi) is 3.76. The Morgan fingerprint density at radius 3 is 2.95 bits per heavy atom. The van der Waals surface area contributed by atoms with Gasteiger partial charge in [0.05, 0.1) is 25.1 Å². The Hall–Kier alpha value is -2.41. The first-order valence-electron chi connectivity index (χ1n) is 5.67. The zero-order valence-electron chi connectivity index (χ0n) is 10.4. The van der Waals surface area contributed by atoms with Crippen molar-refractivity contribution in [3.63, 3.8) is 0 Å². The maximum absolute atomic E-state index is 10.8. The zero-order valence-corrected chi connectivity index (χ0v) is 10.4. The van der Waals surface area contributed by atoms with Crippen molar-refractivity contribution in [3.05, 3.63) is 52.1 Å². The van der Waals surface area contributed by atoms with Crippen molar-refractivity contribution in [3.8, 4) is 5.75 Å². The largest absolute Gasteiger partial charge is 0.496 e. The van der Waals surface area contributed by atoms with E-state index < -0.39 is 4.92 Å². The number of methoxy groups -OCH3 is 1. The molecule has 1 heterocycles. The number of benzene rings is 1. The van der Waals surface area contributed by atoms with Crippen molar-refractivity contribution < 1.29 is 9.66 Å². The minimum atomic E-state index is -0.430. The van der Waals surface area contributed by atoms with Gasteiger partial charge in [-0.15, -0.1) is 0 Å². The first-order chi connectivity index (χ1) is 9.15. The number of rotatable bonds is 5. The molecule has 7 heteroatoms. The maximum Gasteiger partial charge on any atom is 0.270 e. The highest BCUT2D eigenvalue weighted by Gasteiger charge is 2.12. The van der Waals surface area contributed by atoms with E-state index in [2.05, 4.69) is 4.98 Å². The van der Waals surface area contributed by atoms with Gasteiger partial charge in [0.2, 0.25) is 0 Å². The first kappa shape index (κ1) is 13.0. The van der Waals surface area contributed by atoms with Gasteiger partial charge in [-0.1, -0.05) is 0 Å². The molecule has 0 aliphatic rings. The molecular formula is C12H14N4O3. The highest BCUT2D eigenvalue weighted by atomic mass is 16.6. The van der Waals surface area contributed by atoms with Crippen LogP contribution in [0.5, 0.6) is 5.75 Å². The van der Waals surface area contributed by atoms with Gasteiger partial charge in [-0.05, 0) is 6.07 Å². The average molecular weight is 262 g/mol. The molecule has 0 aliphatic carbocycles. The summed E-state index contributed by atoms with van der Waals surface area (Å²) in [6, 6.07) is 4.51. The van der Waals surface area contributed by atoms with E-state index in [0.29, 0.717) is 30.2 Å². The van der Waals surface area contributed by atoms with E-state index >= 15 is 0 Å². The minimum absolute atomic E-state index is 0.0326. The molecule has 1 aromatic heterocycles. The molecule has 0 saturated heterocycles. The number of nitro groups is 1. The van der Waals surface area contributed by atoms with Crippen LogP contribution in [0.2, 0.25) is 0 Å². The van der Waals surface area contributed by atoms with Crippen LogP contribution in [0.3, 0.4) is 0 Å². The number of nitrogens with zero attached hydrogens (tertiary/aromatic N) is 3. The highest BCUT2D eigenvalue weighted by Crippen LogP contribution is 2.25. The summed E-state index contributed by atoms with van der Waals surface area (Å²) >= 11 is 0. The molecule has 0 fully saturated rings. The van der Waals surface area contributed by atoms with Crippen LogP contribution in [0.4, 0.5) is 5.69 Å². The molecule has 0 bridgehead atoms. The number of hydrogen-bond donors (Lipinski definition) is 1. The summed E-state index contributed by atoms with van der Waals surface area (Å²) in [4.78, 5) is 14.5. The summed E-state index contributed by atoms with van der Waals surface area (Å²) in [5.74, 6) is 1.32. The molecule has 0 saturated carbocycles. The zero-order chi connectivity index (χ0) is 13.8. The van der Waals surface area contributed by atoms with E-state index in [1.807, 2.05) is 4.57 Å². The Bertz CT molecular complexity index is 594.